The third kappa shape index (κ3) is 1.64. The zero-order chi connectivity index (χ0) is 6.53. The number of anilines is 1. The van der Waals surface area contributed by atoms with E-state index in [0.717, 1.165) is 12.4 Å². The Morgan fingerprint density at radius 3 is 3.22 bits per heavy atom. The Morgan fingerprint density at radius 2 is 2.67 bits per heavy atom. The highest BCUT2D eigenvalue weighted by molar-refractivity contribution is 5.30. The van der Waals surface area contributed by atoms with Gasteiger partial charge >= 0.3 is 0 Å². The van der Waals surface area contributed by atoms with Gasteiger partial charge in [-0.2, -0.15) is 0 Å². The summed E-state index contributed by atoms with van der Waals surface area (Å²) in [7, 11) is 0. The summed E-state index contributed by atoms with van der Waals surface area (Å²) in [6.45, 7) is 4.30. The third-order valence-corrected chi connectivity index (χ3v) is 0.942. The molecule has 1 heterocycles. The highest BCUT2D eigenvalue weighted by Crippen LogP contribution is 2.04. The maximum absolute atomic E-state index is 4.98. The van der Waals surface area contributed by atoms with Crippen LogP contribution < -0.4 is 5.32 Å². The molecule has 1 rings (SSSR count). The lowest BCUT2D eigenvalue weighted by atomic mass is 10.5. The molecule has 0 aliphatic carbocycles. The first kappa shape index (κ1) is 5.95. The highest BCUT2D eigenvalue weighted by Gasteiger charge is 1.87. The second-order valence-corrected chi connectivity index (χ2v) is 1.65. The Balaban J connectivity index is 2.38. The summed E-state index contributed by atoms with van der Waals surface area (Å²) in [5.74, 6) is 0.787. The van der Waals surface area contributed by atoms with Crippen LogP contribution in [0.3, 0.4) is 0 Å². The molecular weight excluding hydrogens is 114 g/mol. The van der Waals surface area contributed by atoms with Gasteiger partial charge in [0.05, 0.1) is 6.26 Å². The highest BCUT2D eigenvalue weighted by atomic mass is 16.3. The molecule has 0 amide bonds. The van der Waals surface area contributed by atoms with Gasteiger partial charge in [-0.1, -0.05) is 6.08 Å². The van der Waals surface area contributed by atoms with Crippen LogP contribution in [-0.2, 0) is 0 Å². The number of nitrogens with one attached hydrogen (secondary N) is 1. The van der Waals surface area contributed by atoms with Gasteiger partial charge in [0.2, 0.25) is 0 Å². The van der Waals surface area contributed by atoms with E-state index in [4.69, 9.17) is 4.42 Å². The Hall–Kier alpha value is -1.18. The van der Waals surface area contributed by atoms with Crippen LogP contribution in [0.25, 0.3) is 0 Å². The van der Waals surface area contributed by atoms with Crippen molar-refractivity contribution in [2.45, 2.75) is 0 Å². The number of hydrogen-bond acceptors (Lipinski definition) is 2. The summed E-state index contributed by atoms with van der Waals surface area (Å²) in [4.78, 5) is 0. The summed E-state index contributed by atoms with van der Waals surface area (Å²) < 4.78 is 4.98. The van der Waals surface area contributed by atoms with E-state index in [2.05, 4.69) is 11.9 Å². The van der Waals surface area contributed by atoms with Crippen molar-refractivity contribution >= 4 is 5.88 Å². The molecule has 0 radical (unpaired) electrons. The largest absolute Gasteiger partial charge is 0.449 e. The molecular formula is C7H9NO. The molecule has 2 heteroatoms. The van der Waals surface area contributed by atoms with Crippen LogP contribution in [0.4, 0.5) is 5.88 Å². The van der Waals surface area contributed by atoms with E-state index >= 15 is 0 Å². The molecule has 0 unspecified atom stereocenters. The average molecular weight is 123 g/mol. The smallest absolute Gasteiger partial charge is 0.192 e. The monoisotopic (exact) mass is 123 g/mol. The Morgan fingerprint density at radius 1 is 1.78 bits per heavy atom. The number of rotatable bonds is 3. The Kier molecular flexibility index (Phi) is 1.96. The lowest BCUT2D eigenvalue weighted by molar-refractivity contribution is 0.581. The SMILES string of the molecule is C=CCNc1ccco1. The van der Waals surface area contributed by atoms with Gasteiger partial charge in [-0.3, -0.25) is 0 Å². The molecule has 0 aromatic carbocycles. The molecule has 48 valence electrons. The molecule has 0 aliphatic rings. The van der Waals surface area contributed by atoms with Crippen molar-refractivity contribution in [3.8, 4) is 0 Å². The number of hydrogen-bond donors (Lipinski definition) is 1. The summed E-state index contributed by atoms with van der Waals surface area (Å²) in [5, 5.41) is 2.99. The van der Waals surface area contributed by atoms with Crippen LogP contribution in [-0.4, -0.2) is 6.54 Å². The van der Waals surface area contributed by atoms with Gasteiger partial charge in [0.1, 0.15) is 0 Å². The van der Waals surface area contributed by atoms with E-state index < -0.39 is 0 Å². The summed E-state index contributed by atoms with van der Waals surface area (Å²) in [6, 6.07) is 3.70. The van der Waals surface area contributed by atoms with E-state index in [1.807, 2.05) is 12.1 Å². The molecule has 9 heavy (non-hydrogen) atoms. The van der Waals surface area contributed by atoms with Crippen LogP contribution in [0.15, 0.2) is 35.5 Å². The van der Waals surface area contributed by atoms with Gasteiger partial charge in [-0.05, 0) is 6.07 Å². The predicted molar refractivity (Wildman–Crippen MR) is 37.4 cm³/mol. The molecule has 0 saturated carbocycles. The topological polar surface area (TPSA) is 25.2 Å². The fourth-order valence-electron chi connectivity index (χ4n) is 0.552. The van der Waals surface area contributed by atoms with Crippen LogP contribution in [0, 0.1) is 0 Å². The van der Waals surface area contributed by atoms with Crippen molar-refractivity contribution in [3.63, 3.8) is 0 Å². The first-order valence-corrected chi connectivity index (χ1v) is 2.82. The molecule has 0 bridgehead atoms. The molecule has 0 atom stereocenters. The van der Waals surface area contributed by atoms with Crippen molar-refractivity contribution < 1.29 is 4.42 Å². The first-order valence-electron chi connectivity index (χ1n) is 2.82. The minimum atomic E-state index is 0.744. The zero-order valence-electron chi connectivity index (χ0n) is 5.13. The predicted octanol–water partition coefficient (Wildman–Crippen LogP) is 1.88. The molecule has 1 N–H and O–H groups in total. The molecule has 2 nitrogen and oxygen atoms in total. The molecule has 0 spiro atoms. The number of furan rings is 1. The van der Waals surface area contributed by atoms with Gasteiger partial charge in [0.15, 0.2) is 5.88 Å². The van der Waals surface area contributed by atoms with Crippen LogP contribution in [0.1, 0.15) is 0 Å². The van der Waals surface area contributed by atoms with E-state index in [1.165, 1.54) is 0 Å². The maximum atomic E-state index is 4.98. The molecule has 0 fully saturated rings. The lowest BCUT2D eigenvalue weighted by Crippen LogP contribution is -1.94. The quantitative estimate of drug-likeness (QED) is 0.621. The van der Waals surface area contributed by atoms with Crippen molar-refractivity contribution in [2.24, 2.45) is 0 Å². The fraction of sp³-hybridized carbons (Fsp3) is 0.143. The fourth-order valence-corrected chi connectivity index (χ4v) is 0.552. The maximum Gasteiger partial charge on any atom is 0.192 e. The standard InChI is InChI=1S/C7H9NO/c1-2-5-8-7-4-3-6-9-7/h2-4,6,8H,1,5H2. The summed E-state index contributed by atoms with van der Waals surface area (Å²) in [5.41, 5.74) is 0. The van der Waals surface area contributed by atoms with Crippen molar-refractivity contribution in [1.82, 2.24) is 0 Å². The van der Waals surface area contributed by atoms with E-state index in [1.54, 1.807) is 12.3 Å². The summed E-state index contributed by atoms with van der Waals surface area (Å²) in [6.07, 6.45) is 3.41. The molecule has 1 aromatic rings. The Bertz CT molecular complexity index is 167. The van der Waals surface area contributed by atoms with Gasteiger partial charge in [0.25, 0.3) is 0 Å². The molecule has 1 aromatic heterocycles. The Labute approximate surface area is 54.2 Å². The van der Waals surface area contributed by atoms with Crippen LogP contribution >= 0.6 is 0 Å². The molecule has 0 saturated heterocycles. The van der Waals surface area contributed by atoms with Gasteiger partial charge in [-0.15, -0.1) is 6.58 Å². The normalized spacial score (nSPS) is 8.89. The minimum absolute atomic E-state index is 0.744. The van der Waals surface area contributed by atoms with Crippen LogP contribution in [0.2, 0.25) is 0 Å². The van der Waals surface area contributed by atoms with Gasteiger partial charge < -0.3 is 9.73 Å². The van der Waals surface area contributed by atoms with Gasteiger partial charge in [-0.25, -0.2) is 0 Å². The van der Waals surface area contributed by atoms with E-state index in [0.29, 0.717) is 0 Å². The second-order valence-electron chi connectivity index (χ2n) is 1.65. The second kappa shape index (κ2) is 2.97. The first-order chi connectivity index (χ1) is 4.43. The van der Waals surface area contributed by atoms with Crippen molar-refractivity contribution in [2.75, 3.05) is 11.9 Å². The summed E-state index contributed by atoms with van der Waals surface area (Å²) >= 11 is 0. The zero-order valence-corrected chi connectivity index (χ0v) is 5.13. The van der Waals surface area contributed by atoms with Gasteiger partial charge in [0, 0.05) is 12.6 Å². The lowest BCUT2D eigenvalue weighted by Gasteiger charge is -1.93. The van der Waals surface area contributed by atoms with Crippen molar-refractivity contribution in [1.29, 1.82) is 0 Å². The minimum Gasteiger partial charge on any atom is -0.449 e. The third-order valence-electron chi connectivity index (χ3n) is 0.942. The van der Waals surface area contributed by atoms with E-state index in [9.17, 15) is 0 Å². The van der Waals surface area contributed by atoms with Crippen LogP contribution in [0.5, 0.6) is 0 Å². The van der Waals surface area contributed by atoms with E-state index in [-0.39, 0.29) is 0 Å². The van der Waals surface area contributed by atoms with Crippen molar-refractivity contribution in [3.05, 3.63) is 31.1 Å². The average Bonchev–Trinajstić information content (AvgIpc) is 2.34. The molecule has 0 aliphatic heterocycles.